The smallest absolute Gasteiger partial charge is 0.255 e. The zero-order valence-electron chi connectivity index (χ0n) is 13.2. The number of nitrogens with one attached hydrogen (secondary N) is 1. The topological polar surface area (TPSA) is 58.2 Å². The van der Waals surface area contributed by atoms with Gasteiger partial charge < -0.3 is 9.64 Å². The first-order chi connectivity index (χ1) is 11.2. The Morgan fingerprint density at radius 3 is 2.87 bits per heavy atom. The monoisotopic (exact) mass is 309 g/mol. The van der Waals surface area contributed by atoms with Gasteiger partial charge in [-0.3, -0.25) is 9.89 Å². The molecule has 118 valence electrons. The van der Waals surface area contributed by atoms with Gasteiger partial charge in [-0.25, -0.2) is 0 Å². The molecule has 1 N–H and O–H groups in total. The van der Waals surface area contributed by atoms with Gasteiger partial charge in [-0.05, 0) is 24.6 Å². The van der Waals surface area contributed by atoms with Crippen LogP contribution in [0.25, 0.3) is 10.9 Å². The molecule has 1 amide bonds. The van der Waals surface area contributed by atoms with Gasteiger partial charge in [0, 0.05) is 12.4 Å². The molecule has 0 atom stereocenters. The van der Waals surface area contributed by atoms with Crippen LogP contribution in [-0.4, -0.2) is 41.2 Å². The quantitative estimate of drug-likeness (QED) is 0.788. The fourth-order valence-electron chi connectivity index (χ4n) is 2.47. The van der Waals surface area contributed by atoms with E-state index in [-0.39, 0.29) is 5.91 Å². The molecule has 2 aromatic carbocycles. The van der Waals surface area contributed by atoms with E-state index >= 15 is 0 Å². The van der Waals surface area contributed by atoms with Gasteiger partial charge in [-0.1, -0.05) is 30.3 Å². The summed E-state index contributed by atoms with van der Waals surface area (Å²) in [6, 6.07) is 13.5. The molecule has 0 aliphatic heterocycles. The summed E-state index contributed by atoms with van der Waals surface area (Å²) in [7, 11) is 1.78. The van der Waals surface area contributed by atoms with Crippen LogP contribution in [0.3, 0.4) is 0 Å². The number of fused-ring (bicyclic) bond motifs is 1. The lowest BCUT2D eigenvalue weighted by molar-refractivity contribution is 0.0775. The molecule has 0 aliphatic carbocycles. The first-order valence-corrected chi connectivity index (χ1v) is 7.53. The maximum Gasteiger partial charge on any atom is 0.255 e. The predicted molar refractivity (Wildman–Crippen MR) is 89.7 cm³/mol. The zero-order chi connectivity index (χ0) is 16.2. The number of hydrogen-bond donors (Lipinski definition) is 1. The van der Waals surface area contributed by atoms with E-state index in [1.165, 1.54) is 0 Å². The van der Waals surface area contributed by atoms with Crippen molar-refractivity contribution in [3.63, 3.8) is 0 Å². The minimum Gasteiger partial charge on any atom is -0.491 e. The zero-order valence-corrected chi connectivity index (χ0v) is 13.2. The highest BCUT2D eigenvalue weighted by atomic mass is 16.5. The highest BCUT2D eigenvalue weighted by Crippen LogP contribution is 2.18. The normalized spacial score (nSPS) is 10.7. The van der Waals surface area contributed by atoms with Gasteiger partial charge >= 0.3 is 0 Å². The SMILES string of the molecule is Cc1ccccc1OCCN(C)C(=O)c1cccc2cn[nH]c12. The molecule has 0 spiro atoms. The summed E-state index contributed by atoms with van der Waals surface area (Å²) >= 11 is 0. The van der Waals surface area contributed by atoms with Crippen molar-refractivity contribution in [2.45, 2.75) is 6.92 Å². The summed E-state index contributed by atoms with van der Waals surface area (Å²) in [5.41, 5.74) is 2.48. The Morgan fingerprint density at radius 2 is 2.04 bits per heavy atom. The Hall–Kier alpha value is -2.82. The lowest BCUT2D eigenvalue weighted by atomic mass is 10.1. The number of likely N-dealkylation sites (N-methyl/N-ethyl adjacent to an activating group) is 1. The number of aromatic nitrogens is 2. The Labute approximate surface area is 134 Å². The third-order valence-electron chi connectivity index (χ3n) is 3.83. The summed E-state index contributed by atoms with van der Waals surface area (Å²) in [6.07, 6.45) is 1.72. The minimum absolute atomic E-state index is 0.0479. The first kappa shape index (κ1) is 15.1. The molecule has 5 nitrogen and oxygen atoms in total. The molecular formula is C18H19N3O2. The van der Waals surface area contributed by atoms with Crippen LogP contribution in [0, 0.1) is 6.92 Å². The second-order valence-corrected chi connectivity index (χ2v) is 5.48. The van der Waals surface area contributed by atoms with E-state index in [0.717, 1.165) is 22.2 Å². The lowest BCUT2D eigenvalue weighted by Crippen LogP contribution is -2.31. The fraction of sp³-hybridized carbons (Fsp3) is 0.222. The van der Waals surface area contributed by atoms with Crippen molar-refractivity contribution in [2.24, 2.45) is 0 Å². The standard InChI is InChI=1S/C18H19N3O2/c1-13-6-3-4-9-16(13)23-11-10-21(2)18(22)15-8-5-7-14-12-19-20-17(14)15/h3-9,12H,10-11H2,1-2H3,(H,19,20). The number of nitrogens with zero attached hydrogens (tertiary/aromatic N) is 2. The highest BCUT2D eigenvalue weighted by molar-refractivity contribution is 6.05. The number of amides is 1. The number of rotatable bonds is 5. The van der Waals surface area contributed by atoms with Gasteiger partial charge in [0.05, 0.1) is 23.8 Å². The molecular weight excluding hydrogens is 290 g/mol. The second kappa shape index (κ2) is 6.52. The van der Waals surface area contributed by atoms with Crippen molar-refractivity contribution in [1.82, 2.24) is 15.1 Å². The largest absolute Gasteiger partial charge is 0.491 e. The minimum atomic E-state index is -0.0479. The van der Waals surface area contributed by atoms with E-state index in [1.54, 1.807) is 18.1 Å². The van der Waals surface area contributed by atoms with Gasteiger partial charge in [-0.2, -0.15) is 5.10 Å². The summed E-state index contributed by atoms with van der Waals surface area (Å²) in [4.78, 5) is 14.2. The van der Waals surface area contributed by atoms with Gasteiger partial charge in [0.1, 0.15) is 12.4 Å². The molecule has 0 saturated carbocycles. The number of aryl methyl sites for hydroxylation is 1. The van der Waals surface area contributed by atoms with Crippen LogP contribution in [0.4, 0.5) is 0 Å². The molecule has 0 unspecified atom stereocenters. The second-order valence-electron chi connectivity index (χ2n) is 5.48. The highest BCUT2D eigenvalue weighted by Gasteiger charge is 2.15. The third-order valence-corrected chi connectivity index (χ3v) is 3.83. The van der Waals surface area contributed by atoms with Crippen LogP contribution in [0.15, 0.2) is 48.7 Å². The Bertz CT molecular complexity index is 826. The number of benzene rings is 2. The maximum absolute atomic E-state index is 12.6. The lowest BCUT2D eigenvalue weighted by Gasteiger charge is -2.18. The van der Waals surface area contributed by atoms with Crippen LogP contribution >= 0.6 is 0 Å². The van der Waals surface area contributed by atoms with E-state index in [4.69, 9.17) is 4.74 Å². The number of ether oxygens (including phenoxy) is 1. The predicted octanol–water partition coefficient (Wildman–Crippen LogP) is 3.02. The van der Waals surface area contributed by atoms with Crippen LogP contribution in [0.2, 0.25) is 0 Å². The van der Waals surface area contributed by atoms with Gasteiger partial charge in [0.15, 0.2) is 0 Å². The molecule has 1 heterocycles. The van der Waals surface area contributed by atoms with Gasteiger partial charge in [0.25, 0.3) is 5.91 Å². The molecule has 0 aliphatic rings. The Morgan fingerprint density at radius 1 is 1.22 bits per heavy atom. The number of carbonyl (C=O) groups is 1. The van der Waals surface area contributed by atoms with E-state index < -0.39 is 0 Å². The number of carbonyl (C=O) groups excluding carboxylic acids is 1. The fourth-order valence-corrected chi connectivity index (χ4v) is 2.47. The molecule has 23 heavy (non-hydrogen) atoms. The summed E-state index contributed by atoms with van der Waals surface area (Å²) in [6.45, 7) is 2.97. The van der Waals surface area contributed by atoms with Crippen LogP contribution < -0.4 is 4.74 Å². The molecule has 0 saturated heterocycles. The molecule has 3 rings (SSSR count). The van der Waals surface area contributed by atoms with E-state index in [1.807, 2.05) is 49.4 Å². The number of H-pyrrole nitrogens is 1. The average Bonchev–Trinajstić information content (AvgIpc) is 3.04. The molecule has 3 aromatic rings. The van der Waals surface area contributed by atoms with Crippen molar-refractivity contribution < 1.29 is 9.53 Å². The third kappa shape index (κ3) is 3.18. The average molecular weight is 309 g/mol. The summed E-state index contributed by atoms with van der Waals surface area (Å²) in [5, 5.41) is 7.81. The number of para-hydroxylation sites is 2. The maximum atomic E-state index is 12.6. The van der Waals surface area contributed by atoms with Crippen molar-refractivity contribution in [3.05, 3.63) is 59.8 Å². The van der Waals surface area contributed by atoms with Gasteiger partial charge in [0.2, 0.25) is 0 Å². The van der Waals surface area contributed by atoms with E-state index in [9.17, 15) is 4.79 Å². The van der Waals surface area contributed by atoms with E-state index in [2.05, 4.69) is 10.2 Å². The molecule has 0 bridgehead atoms. The van der Waals surface area contributed by atoms with Gasteiger partial charge in [-0.15, -0.1) is 0 Å². The molecule has 5 heteroatoms. The Balaban J connectivity index is 1.64. The molecule has 1 aromatic heterocycles. The van der Waals surface area contributed by atoms with Crippen LogP contribution in [-0.2, 0) is 0 Å². The van der Waals surface area contributed by atoms with Crippen LogP contribution in [0.1, 0.15) is 15.9 Å². The summed E-state index contributed by atoms with van der Waals surface area (Å²) in [5.74, 6) is 0.803. The molecule has 0 radical (unpaired) electrons. The van der Waals surface area contributed by atoms with Crippen molar-refractivity contribution >= 4 is 16.8 Å². The molecule has 0 fully saturated rings. The van der Waals surface area contributed by atoms with Crippen LogP contribution in [0.5, 0.6) is 5.75 Å². The number of aromatic amines is 1. The van der Waals surface area contributed by atoms with Crippen molar-refractivity contribution in [1.29, 1.82) is 0 Å². The van der Waals surface area contributed by atoms with E-state index in [0.29, 0.717) is 18.7 Å². The summed E-state index contributed by atoms with van der Waals surface area (Å²) < 4.78 is 5.75. The number of hydrogen-bond acceptors (Lipinski definition) is 3. The van der Waals surface area contributed by atoms with Crippen molar-refractivity contribution in [3.8, 4) is 5.75 Å². The Kier molecular flexibility index (Phi) is 4.28. The first-order valence-electron chi connectivity index (χ1n) is 7.53. The van der Waals surface area contributed by atoms with Crippen molar-refractivity contribution in [2.75, 3.05) is 20.2 Å².